The molecule has 2 rings (SSSR count). The molecule has 1 saturated heterocycles. The number of carbonyl (C=O) groups is 3. The standard InChI is InChI=1S/C17H22N2O4/c1-12-11-15(20)19(16(12)21)14-8-5-4-7-13(14)17(22)23-10-6-9-18(2)3/h4-5,7-8,12H,6,9-11H2,1-3H3. The molecule has 6 nitrogen and oxygen atoms in total. The summed E-state index contributed by atoms with van der Waals surface area (Å²) in [6, 6.07) is 6.56. The van der Waals surface area contributed by atoms with Gasteiger partial charge in [-0.2, -0.15) is 0 Å². The zero-order chi connectivity index (χ0) is 17.0. The predicted molar refractivity (Wildman–Crippen MR) is 86.2 cm³/mol. The smallest absolute Gasteiger partial charge is 0.340 e. The zero-order valence-corrected chi connectivity index (χ0v) is 13.7. The van der Waals surface area contributed by atoms with Crippen LogP contribution in [0.3, 0.4) is 0 Å². The minimum absolute atomic E-state index is 0.172. The van der Waals surface area contributed by atoms with Crippen LogP contribution < -0.4 is 4.90 Å². The van der Waals surface area contributed by atoms with E-state index in [4.69, 9.17) is 4.74 Å². The van der Waals surface area contributed by atoms with Gasteiger partial charge in [-0.15, -0.1) is 0 Å². The van der Waals surface area contributed by atoms with Crippen molar-refractivity contribution in [3.05, 3.63) is 29.8 Å². The maximum atomic E-state index is 12.3. The van der Waals surface area contributed by atoms with Crippen LogP contribution in [0.15, 0.2) is 24.3 Å². The van der Waals surface area contributed by atoms with Gasteiger partial charge in [-0.3, -0.25) is 9.59 Å². The van der Waals surface area contributed by atoms with E-state index >= 15 is 0 Å². The van der Waals surface area contributed by atoms with E-state index in [9.17, 15) is 14.4 Å². The van der Waals surface area contributed by atoms with E-state index in [-0.39, 0.29) is 29.7 Å². The number of rotatable bonds is 6. The first kappa shape index (κ1) is 17.1. The highest BCUT2D eigenvalue weighted by molar-refractivity contribution is 6.22. The third-order valence-electron chi connectivity index (χ3n) is 3.72. The highest BCUT2D eigenvalue weighted by Crippen LogP contribution is 2.29. The van der Waals surface area contributed by atoms with Crippen molar-refractivity contribution in [2.75, 3.05) is 32.1 Å². The van der Waals surface area contributed by atoms with Crippen LogP contribution in [-0.4, -0.2) is 49.9 Å². The SMILES string of the molecule is CC1CC(=O)N(c2ccccc2C(=O)OCCCN(C)C)C1=O. The van der Waals surface area contributed by atoms with Crippen LogP contribution in [0.25, 0.3) is 0 Å². The molecule has 0 N–H and O–H groups in total. The normalized spacial score (nSPS) is 17.9. The molecule has 0 aromatic heterocycles. The summed E-state index contributed by atoms with van der Waals surface area (Å²) in [4.78, 5) is 39.6. The summed E-state index contributed by atoms with van der Waals surface area (Å²) in [7, 11) is 3.89. The predicted octanol–water partition coefficient (Wildman–Crippen LogP) is 1.69. The molecule has 1 atom stereocenters. The summed E-state index contributed by atoms with van der Waals surface area (Å²) in [6.45, 7) is 2.82. The maximum Gasteiger partial charge on any atom is 0.340 e. The molecule has 0 bridgehead atoms. The van der Waals surface area contributed by atoms with Crippen LogP contribution in [0, 0.1) is 5.92 Å². The van der Waals surface area contributed by atoms with Crippen molar-refractivity contribution in [2.45, 2.75) is 19.8 Å². The molecule has 1 fully saturated rings. The van der Waals surface area contributed by atoms with Crippen molar-refractivity contribution >= 4 is 23.5 Å². The van der Waals surface area contributed by atoms with Crippen LogP contribution in [0.1, 0.15) is 30.1 Å². The Labute approximate surface area is 136 Å². The van der Waals surface area contributed by atoms with Crippen molar-refractivity contribution in [1.29, 1.82) is 0 Å². The molecule has 6 heteroatoms. The lowest BCUT2D eigenvalue weighted by molar-refractivity contribution is -0.122. The Kier molecular flexibility index (Phi) is 5.50. The molecule has 23 heavy (non-hydrogen) atoms. The van der Waals surface area contributed by atoms with Gasteiger partial charge in [0.05, 0.1) is 17.9 Å². The van der Waals surface area contributed by atoms with Gasteiger partial charge in [-0.25, -0.2) is 9.69 Å². The van der Waals surface area contributed by atoms with Gasteiger partial charge >= 0.3 is 5.97 Å². The highest BCUT2D eigenvalue weighted by atomic mass is 16.5. The maximum absolute atomic E-state index is 12.3. The number of imide groups is 1. The van der Waals surface area contributed by atoms with E-state index in [0.717, 1.165) is 17.9 Å². The van der Waals surface area contributed by atoms with E-state index in [1.54, 1.807) is 31.2 Å². The number of benzene rings is 1. The first-order chi connectivity index (χ1) is 10.9. The molecular formula is C17H22N2O4. The molecule has 0 saturated carbocycles. The van der Waals surface area contributed by atoms with E-state index in [1.807, 2.05) is 19.0 Å². The molecular weight excluding hydrogens is 296 g/mol. The molecule has 1 aromatic rings. The number of para-hydroxylation sites is 1. The average Bonchev–Trinajstić information content (AvgIpc) is 2.76. The number of esters is 1. The molecule has 0 radical (unpaired) electrons. The fraction of sp³-hybridized carbons (Fsp3) is 0.471. The van der Waals surface area contributed by atoms with Gasteiger partial charge in [-0.05, 0) is 32.6 Å². The Bertz CT molecular complexity index is 612. The van der Waals surface area contributed by atoms with Gasteiger partial charge in [0.25, 0.3) is 0 Å². The van der Waals surface area contributed by atoms with Gasteiger partial charge in [0, 0.05) is 18.9 Å². The summed E-state index contributed by atoms with van der Waals surface area (Å²) in [5.41, 5.74) is 0.553. The zero-order valence-electron chi connectivity index (χ0n) is 13.7. The van der Waals surface area contributed by atoms with Gasteiger partial charge < -0.3 is 9.64 Å². The highest BCUT2D eigenvalue weighted by Gasteiger charge is 2.38. The number of nitrogens with zero attached hydrogens (tertiary/aromatic N) is 2. The summed E-state index contributed by atoms with van der Waals surface area (Å²) in [6.07, 6.45) is 0.893. The second kappa shape index (κ2) is 7.37. The Morgan fingerprint density at radius 2 is 2.00 bits per heavy atom. The van der Waals surface area contributed by atoms with Crippen molar-refractivity contribution in [3.63, 3.8) is 0 Å². The first-order valence-electron chi connectivity index (χ1n) is 7.69. The lowest BCUT2D eigenvalue weighted by Crippen LogP contribution is -2.31. The number of ether oxygens (including phenoxy) is 1. The monoisotopic (exact) mass is 318 g/mol. The summed E-state index contributed by atoms with van der Waals surface area (Å²) in [5.74, 6) is -1.43. The van der Waals surface area contributed by atoms with Gasteiger partial charge in [0.1, 0.15) is 0 Å². The minimum atomic E-state index is -0.514. The van der Waals surface area contributed by atoms with Crippen molar-refractivity contribution in [3.8, 4) is 0 Å². The third-order valence-corrected chi connectivity index (χ3v) is 3.72. The Morgan fingerprint density at radius 1 is 1.30 bits per heavy atom. The minimum Gasteiger partial charge on any atom is -0.462 e. The molecule has 1 aromatic carbocycles. The molecule has 1 heterocycles. The Morgan fingerprint density at radius 3 is 2.61 bits per heavy atom. The second-order valence-electron chi connectivity index (χ2n) is 5.98. The topological polar surface area (TPSA) is 66.9 Å². The number of anilines is 1. The van der Waals surface area contributed by atoms with E-state index in [2.05, 4.69) is 0 Å². The number of hydrogen-bond donors (Lipinski definition) is 0. The van der Waals surface area contributed by atoms with Crippen molar-refractivity contribution < 1.29 is 19.1 Å². The molecule has 1 unspecified atom stereocenters. The van der Waals surface area contributed by atoms with Gasteiger partial charge in [0.2, 0.25) is 11.8 Å². The Hall–Kier alpha value is -2.21. The molecule has 1 aliphatic heterocycles. The largest absolute Gasteiger partial charge is 0.462 e. The average molecular weight is 318 g/mol. The number of carbonyl (C=O) groups excluding carboxylic acids is 3. The Balaban J connectivity index is 2.13. The lowest BCUT2D eigenvalue weighted by Gasteiger charge is -2.18. The third kappa shape index (κ3) is 3.96. The van der Waals surface area contributed by atoms with Gasteiger partial charge in [0.15, 0.2) is 0 Å². The fourth-order valence-electron chi connectivity index (χ4n) is 2.50. The van der Waals surface area contributed by atoms with Crippen LogP contribution >= 0.6 is 0 Å². The van der Waals surface area contributed by atoms with Crippen LogP contribution in [0.2, 0.25) is 0 Å². The van der Waals surface area contributed by atoms with Crippen LogP contribution in [0.5, 0.6) is 0 Å². The van der Waals surface area contributed by atoms with Crippen molar-refractivity contribution in [1.82, 2.24) is 4.90 Å². The molecule has 1 aliphatic rings. The fourth-order valence-corrected chi connectivity index (χ4v) is 2.50. The van der Waals surface area contributed by atoms with Gasteiger partial charge in [-0.1, -0.05) is 19.1 Å². The molecule has 124 valence electrons. The summed E-state index contributed by atoms with van der Waals surface area (Å²) < 4.78 is 5.26. The molecule has 0 spiro atoms. The number of hydrogen-bond acceptors (Lipinski definition) is 5. The van der Waals surface area contributed by atoms with Crippen LogP contribution in [-0.2, 0) is 14.3 Å². The summed E-state index contributed by atoms with van der Waals surface area (Å²) in [5, 5.41) is 0. The van der Waals surface area contributed by atoms with Crippen molar-refractivity contribution in [2.24, 2.45) is 5.92 Å². The van der Waals surface area contributed by atoms with Crippen LogP contribution in [0.4, 0.5) is 5.69 Å². The molecule has 0 aliphatic carbocycles. The van der Waals surface area contributed by atoms with E-state index < -0.39 is 5.97 Å². The number of amides is 2. The molecule has 2 amide bonds. The first-order valence-corrected chi connectivity index (χ1v) is 7.69. The summed E-state index contributed by atoms with van der Waals surface area (Å²) >= 11 is 0. The lowest BCUT2D eigenvalue weighted by atomic mass is 10.1. The van der Waals surface area contributed by atoms with E-state index in [1.165, 1.54) is 0 Å². The quantitative estimate of drug-likeness (QED) is 0.454. The van der Waals surface area contributed by atoms with E-state index in [0.29, 0.717) is 12.3 Å². The second-order valence-corrected chi connectivity index (χ2v) is 5.98.